The normalized spacial score (nSPS) is 10.3. The molecule has 0 spiro atoms. The van der Waals surface area contributed by atoms with Crippen molar-refractivity contribution in [1.82, 2.24) is 4.98 Å². The summed E-state index contributed by atoms with van der Waals surface area (Å²) in [6.45, 7) is 0. The van der Waals surface area contributed by atoms with E-state index < -0.39 is 0 Å². The van der Waals surface area contributed by atoms with Gasteiger partial charge in [-0.15, -0.1) is 0 Å². The van der Waals surface area contributed by atoms with Crippen molar-refractivity contribution in [3.8, 4) is 5.75 Å². The van der Waals surface area contributed by atoms with Crippen LogP contribution in [0.2, 0.25) is 10.0 Å². The number of benzene rings is 2. The number of ether oxygens (including phenoxy) is 1. The highest BCUT2D eigenvalue weighted by molar-refractivity contribution is 6.35. The van der Waals surface area contributed by atoms with Gasteiger partial charge in [0.15, 0.2) is 0 Å². The molecule has 0 atom stereocenters. The van der Waals surface area contributed by atoms with Crippen molar-refractivity contribution in [3.05, 3.63) is 76.4 Å². The van der Waals surface area contributed by atoms with Gasteiger partial charge in [0.2, 0.25) is 0 Å². The average molecular weight is 388 g/mol. The fourth-order valence-corrected chi connectivity index (χ4v) is 2.82. The van der Waals surface area contributed by atoms with Gasteiger partial charge in [-0.25, -0.2) is 4.98 Å². The summed E-state index contributed by atoms with van der Waals surface area (Å²) in [6, 6.07) is 15.5. The maximum Gasteiger partial charge on any atom is 0.255 e. The minimum atomic E-state index is -0.246. The standard InChI is InChI=1S/C19H15Cl2N3O2/c1-26-17-4-2-15(3-5-17)24-19(25)12-6-7-22-18(8-12)23-16-10-13(20)9-14(21)11-16/h2-11H,1H3,(H,22,23)(H,24,25). The molecule has 0 saturated heterocycles. The molecule has 0 radical (unpaired) electrons. The number of nitrogens with one attached hydrogen (secondary N) is 2. The summed E-state index contributed by atoms with van der Waals surface area (Å²) < 4.78 is 5.10. The number of pyridine rings is 1. The first-order valence-electron chi connectivity index (χ1n) is 7.68. The molecule has 0 aliphatic carbocycles. The highest BCUT2D eigenvalue weighted by Crippen LogP contribution is 2.25. The zero-order chi connectivity index (χ0) is 18.5. The van der Waals surface area contributed by atoms with E-state index in [0.29, 0.717) is 32.8 Å². The van der Waals surface area contributed by atoms with Crippen LogP contribution in [0.5, 0.6) is 5.75 Å². The molecular weight excluding hydrogens is 373 g/mol. The lowest BCUT2D eigenvalue weighted by atomic mass is 10.2. The first-order chi connectivity index (χ1) is 12.5. The van der Waals surface area contributed by atoms with Gasteiger partial charge >= 0.3 is 0 Å². The third-order valence-electron chi connectivity index (χ3n) is 3.50. The molecule has 0 fully saturated rings. The minimum absolute atomic E-state index is 0.246. The van der Waals surface area contributed by atoms with Crippen LogP contribution in [0.3, 0.4) is 0 Å². The van der Waals surface area contributed by atoms with E-state index in [2.05, 4.69) is 15.6 Å². The molecule has 5 nitrogen and oxygen atoms in total. The molecule has 3 aromatic rings. The number of rotatable bonds is 5. The Morgan fingerprint density at radius 1 is 0.962 bits per heavy atom. The third-order valence-corrected chi connectivity index (χ3v) is 3.94. The predicted molar refractivity (Wildman–Crippen MR) is 105 cm³/mol. The van der Waals surface area contributed by atoms with Gasteiger partial charge in [0.05, 0.1) is 7.11 Å². The number of carbonyl (C=O) groups is 1. The minimum Gasteiger partial charge on any atom is -0.497 e. The summed E-state index contributed by atoms with van der Waals surface area (Å²) in [5, 5.41) is 6.93. The van der Waals surface area contributed by atoms with Crippen LogP contribution in [0.25, 0.3) is 0 Å². The number of anilines is 3. The summed E-state index contributed by atoms with van der Waals surface area (Å²) in [6.07, 6.45) is 1.55. The van der Waals surface area contributed by atoms with Gasteiger partial charge in [-0.1, -0.05) is 23.2 Å². The number of methoxy groups -OCH3 is 1. The van der Waals surface area contributed by atoms with Crippen LogP contribution in [0.4, 0.5) is 17.2 Å². The van der Waals surface area contributed by atoms with E-state index >= 15 is 0 Å². The van der Waals surface area contributed by atoms with E-state index in [0.717, 1.165) is 5.75 Å². The van der Waals surface area contributed by atoms with Crippen LogP contribution < -0.4 is 15.4 Å². The molecule has 3 rings (SSSR count). The highest BCUT2D eigenvalue weighted by atomic mass is 35.5. The molecule has 0 aliphatic rings. The zero-order valence-corrected chi connectivity index (χ0v) is 15.3. The molecular formula is C19H15Cl2N3O2. The molecule has 2 aromatic carbocycles. The van der Waals surface area contributed by atoms with E-state index in [4.69, 9.17) is 27.9 Å². The van der Waals surface area contributed by atoms with E-state index in [1.165, 1.54) is 0 Å². The van der Waals surface area contributed by atoms with Crippen LogP contribution in [0.1, 0.15) is 10.4 Å². The SMILES string of the molecule is COc1ccc(NC(=O)c2ccnc(Nc3cc(Cl)cc(Cl)c3)c2)cc1. The van der Waals surface area contributed by atoms with Crippen LogP contribution in [0, 0.1) is 0 Å². The lowest BCUT2D eigenvalue weighted by Crippen LogP contribution is -2.12. The largest absolute Gasteiger partial charge is 0.497 e. The molecule has 0 aliphatic heterocycles. The molecule has 1 aromatic heterocycles. The number of hydrogen-bond donors (Lipinski definition) is 2. The molecule has 132 valence electrons. The van der Waals surface area contributed by atoms with Gasteiger partial charge < -0.3 is 15.4 Å². The Kier molecular flexibility index (Phi) is 5.61. The number of hydrogen-bond acceptors (Lipinski definition) is 4. The predicted octanol–water partition coefficient (Wildman–Crippen LogP) is 5.39. The van der Waals surface area contributed by atoms with Gasteiger partial charge in [-0.05, 0) is 54.6 Å². The molecule has 1 amide bonds. The van der Waals surface area contributed by atoms with Gasteiger partial charge in [0.1, 0.15) is 11.6 Å². The summed E-state index contributed by atoms with van der Waals surface area (Å²) >= 11 is 12.0. The van der Waals surface area contributed by atoms with Gasteiger partial charge in [0, 0.05) is 33.2 Å². The van der Waals surface area contributed by atoms with Crippen LogP contribution in [-0.2, 0) is 0 Å². The first kappa shape index (κ1) is 18.0. The van der Waals surface area contributed by atoms with E-state index in [1.54, 1.807) is 67.9 Å². The topological polar surface area (TPSA) is 63.2 Å². The molecule has 0 unspecified atom stereocenters. The zero-order valence-electron chi connectivity index (χ0n) is 13.8. The maximum atomic E-state index is 12.4. The van der Waals surface area contributed by atoms with Gasteiger partial charge in [0.25, 0.3) is 5.91 Å². The monoisotopic (exact) mass is 387 g/mol. The van der Waals surface area contributed by atoms with Crippen molar-refractivity contribution < 1.29 is 9.53 Å². The molecule has 7 heteroatoms. The number of nitrogens with zero attached hydrogens (tertiary/aromatic N) is 1. The van der Waals surface area contributed by atoms with E-state index in [9.17, 15) is 4.79 Å². The Balaban J connectivity index is 1.74. The molecule has 2 N–H and O–H groups in total. The van der Waals surface area contributed by atoms with Crippen molar-refractivity contribution in [1.29, 1.82) is 0 Å². The quantitative estimate of drug-likeness (QED) is 0.615. The summed E-state index contributed by atoms with van der Waals surface area (Å²) in [7, 11) is 1.59. The lowest BCUT2D eigenvalue weighted by Gasteiger charge is -2.09. The number of carbonyl (C=O) groups excluding carboxylic acids is 1. The second-order valence-electron chi connectivity index (χ2n) is 5.40. The summed E-state index contributed by atoms with van der Waals surface area (Å²) in [5.41, 5.74) is 1.82. The highest BCUT2D eigenvalue weighted by Gasteiger charge is 2.08. The Labute approximate surface area is 160 Å². The van der Waals surface area contributed by atoms with E-state index in [1.807, 2.05) is 0 Å². The molecule has 26 heavy (non-hydrogen) atoms. The van der Waals surface area contributed by atoms with Crippen molar-refractivity contribution in [2.45, 2.75) is 0 Å². The fraction of sp³-hybridized carbons (Fsp3) is 0.0526. The average Bonchev–Trinajstić information content (AvgIpc) is 2.61. The van der Waals surface area contributed by atoms with Crippen LogP contribution in [0.15, 0.2) is 60.8 Å². The third kappa shape index (κ3) is 4.65. The lowest BCUT2D eigenvalue weighted by molar-refractivity contribution is 0.102. The van der Waals surface area contributed by atoms with Gasteiger partial charge in [-0.3, -0.25) is 4.79 Å². The van der Waals surface area contributed by atoms with Crippen molar-refractivity contribution in [3.63, 3.8) is 0 Å². The second kappa shape index (κ2) is 8.08. The Bertz CT molecular complexity index is 910. The van der Waals surface area contributed by atoms with Gasteiger partial charge in [-0.2, -0.15) is 0 Å². The molecule has 0 saturated carbocycles. The Morgan fingerprint density at radius 2 is 1.65 bits per heavy atom. The van der Waals surface area contributed by atoms with Crippen molar-refractivity contribution >= 4 is 46.3 Å². The molecule has 0 bridgehead atoms. The number of amides is 1. The first-order valence-corrected chi connectivity index (χ1v) is 8.43. The number of aromatic nitrogens is 1. The molecule has 1 heterocycles. The maximum absolute atomic E-state index is 12.4. The number of halogens is 2. The Hall–Kier alpha value is -2.76. The summed E-state index contributed by atoms with van der Waals surface area (Å²) in [5.74, 6) is 0.981. The fourth-order valence-electron chi connectivity index (χ4n) is 2.29. The summed E-state index contributed by atoms with van der Waals surface area (Å²) in [4.78, 5) is 16.7. The Morgan fingerprint density at radius 3 is 2.31 bits per heavy atom. The smallest absolute Gasteiger partial charge is 0.255 e. The second-order valence-corrected chi connectivity index (χ2v) is 6.27. The van der Waals surface area contributed by atoms with Crippen molar-refractivity contribution in [2.24, 2.45) is 0 Å². The van der Waals surface area contributed by atoms with E-state index in [-0.39, 0.29) is 5.91 Å². The van der Waals surface area contributed by atoms with Crippen LogP contribution >= 0.6 is 23.2 Å². The van der Waals surface area contributed by atoms with Crippen LogP contribution in [-0.4, -0.2) is 18.0 Å². The van der Waals surface area contributed by atoms with Crippen molar-refractivity contribution in [2.75, 3.05) is 17.7 Å².